The quantitative estimate of drug-likeness (QED) is 0.714. The van der Waals surface area contributed by atoms with Crippen LogP contribution in [0.5, 0.6) is 0 Å². The number of carboxylic acid groups (broad SMARTS) is 1. The third-order valence-corrected chi connectivity index (χ3v) is 4.98. The number of allylic oxidation sites excluding steroid dienone is 1. The van der Waals surface area contributed by atoms with Crippen LogP contribution in [0.25, 0.3) is 0 Å². The number of carboxylic acids is 1. The molecule has 1 aromatic rings. The van der Waals surface area contributed by atoms with E-state index in [1.54, 1.807) is 0 Å². The van der Waals surface area contributed by atoms with Crippen LogP contribution in [0.15, 0.2) is 40.9 Å². The van der Waals surface area contributed by atoms with Gasteiger partial charge in [-0.2, -0.15) is 0 Å². The summed E-state index contributed by atoms with van der Waals surface area (Å²) in [4.78, 5) is 10.4. The van der Waals surface area contributed by atoms with Gasteiger partial charge in [-0.15, -0.1) is 0 Å². The van der Waals surface area contributed by atoms with Gasteiger partial charge in [0.25, 0.3) is 0 Å². The molecule has 0 aliphatic heterocycles. The van der Waals surface area contributed by atoms with Crippen LogP contribution >= 0.6 is 15.9 Å². The Bertz CT molecular complexity index is 470. The highest BCUT2D eigenvalue weighted by molar-refractivity contribution is 9.10. The first-order chi connectivity index (χ1) is 10.1. The average molecular weight is 351 g/mol. The number of carbonyl (C=O) groups is 1. The Morgan fingerprint density at radius 3 is 2.38 bits per heavy atom. The van der Waals surface area contributed by atoms with E-state index in [1.165, 1.54) is 50.2 Å². The molecular formula is C18H23BrO2. The van der Waals surface area contributed by atoms with Crippen molar-refractivity contribution in [3.05, 3.63) is 46.5 Å². The first kappa shape index (κ1) is 16.3. The predicted octanol–water partition coefficient (Wildman–Crippen LogP) is 5.22. The summed E-state index contributed by atoms with van der Waals surface area (Å²) in [5, 5.41) is 8.59. The molecule has 1 aliphatic carbocycles. The van der Waals surface area contributed by atoms with Crippen LogP contribution in [0.2, 0.25) is 0 Å². The minimum atomic E-state index is -0.835. The Balaban J connectivity index is 1.67. The van der Waals surface area contributed by atoms with Crippen molar-refractivity contribution >= 4 is 21.9 Å². The summed E-state index contributed by atoms with van der Waals surface area (Å²) in [6.07, 6.45) is 11.5. The number of rotatable bonds is 6. The van der Waals surface area contributed by atoms with E-state index in [9.17, 15) is 4.79 Å². The highest BCUT2D eigenvalue weighted by Gasteiger charge is 2.20. The second-order valence-electron chi connectivity index (χ2n) is 6.03. The van der Waals surface area contributed by atoms with E-state index in [0.29, 0.717) is 5.92 Å². The van der Waals surface area contributed by atoms with Gasteiger partial charge in [0.1, 0.15) is 0 Å². The van der Waals surface area contributed by atoms with Crippen molar-refractivity contribution < 1.29 is 9.90 Å². The molecule has 0 saturated heterocycles. The third kappa shape index (κ3) is 6.04. The summed E-state index contributed by atoms with van der Waals surface area (Å²) in [5.41, 5.74) is 1.42. The summed E-state index contributed by atoms with van der Waals surface area (Å²) in [6, 6.07) is 8.63. The van der Waals surface area contributed by atoms with Crippen LogP contribution < -0.4 is 0 Å². The predicted molar refractivity (Wildman–Crippen MR) is 89.3 cm³/mol. The number of benzene rings is 1. The molecular weight excluding hydrogens is 328 g/mol. The van der Waals surface area contributed by atoms with Crippen molar-refractivity contribution in [3.63, 3.8) is 0 Å². The Morgan fingerprint density at radius 1 is 1.14 bits per heavy atom. The van der Waals surface area contributed by atoms with Crippen LogP contribution in [0.3, 0.4) is 0 Å². The standard InChI is InChI=1S/C18H23BrO2/c19-17-12-10-16(11-13-17)9-8-15-6-4-14(5-7-15)2-1-3-18(20)21/h1,3,10-15H,2,4-9H2,(H,20,21)/b3-1+/t14-,15-. The van der Waals surface area contributed by atoms with Crippen LogP contribution in [-0.4, -0.2) is 11.1 Å². The molecule has 0 unspecified atom stereocenters. The van der Waals surface area contributed by atoms with Crippen molar-refractivity contribution in [2.75, 3.05) is 0 Å². The summed E-state index contributed by atoms with van der Waals surface area (Å²) < 4.78 is 1.14. The smallest absolute Gasteiger partial charge is 0.327 e. The first-order valence-corrected chi connectivity index (χ1v) is 8.56. The van der Waals surface area contributed by atoms with Gasteiger partial charge < -0.3 is 5.11 Å². The second-order valence-corrected chi connectivity index (χ2v) is 6.94. The Morgan fingerprint density at radius 2 is 1.76 bits per heavy atom. The molecule has 0 bridgehead atoms. The van der Waals surface area contributed by atoms with Gasteiger partial charge in [-0.3, -0.25) is 0 Å². The van der Waals surface area contributed by atoms with E-state index in [1.807, 2.05) is 6.08 Å². The highest BCUT2D eigenvalue weighted by atomic mass is 79.9. The van der Waals surface area contributed by atoms with Crippen molar-refractivity contribution in [1.29, 1.82) is 0 Å². The van der Waals surface area contributed by atoms with Gasteiger partial charge in [-0.25, -0.2) is 4.79 Å². The van der Waals surface area contributed by atoms with Gasteiger partial charge >= 0.3 is 5.97 Å². The molecule has 0 spiro atoms. The Labute approximate surface area is 135 Å². The molecule has 0 atom stereocenters. The maximum atomic E-state index is 10.4. The van der Waals surface area contributed by atoms with Crippen molar-refractivity contribution in [1.82, 2.24) is 0 Å². The lowest BCUT2D eigenvalue weighted by Crippen LogP contribution is -2.14. The maximum Gasteiger partial charge on any atom is 0.327 e. The lowest BCUT2D eigenvalue weighted by molar-refractivity contribution is -0.131. The molecule has 1 fully saturated rings. The number of halogens is 1. The van der Waals surface area contributed by atoms with Gasteiger partial charge in [0.15, 0.2) is 0 Å². The fraction of sp³-hybridized carbons (Fsp3) is 0.500. The molecule has 21 heavy (non-hydrogen) atoms. The summed E-state index contributed by atoms with van der Waals surface area (Å²) >= 11 is 3.47. The van der Waals surface area contributed by atoms with E-state index < -0.39 is 5.97 Å². The summed E-state index contributed by atoms with van der Waals surface area (Å²) in [6.45, 7) is 0. The number of aliphatic carboxylic acids is 1. The molecule has 0 radical (unpaired) electrons. The van der Waals surface area contributed by atoms with Crippen LogP contribution in [-0.2, 0) is 11.2 Å². The van der Waals surface area contributed by atoms with Gasteiger partial charge in [0.05, 0.1) is 0 Å². The Hall–Kier alpha value is -1.09. The minimum Gasteiger partial charge on any atom is -0.478 e. The zero-order valence-corrected chi connectivity index (χ0v) is 13.9. The number of hydrogen-bond acceptors (Lipinski definition) is 1. The van der Waals surface area contributed by atoms with Crippen LogP contribution in [0.1, 0.15) is 44.1 Å². The largest absolute Gasteiger partial charge is 0.478 e. The molecule has 0 amide bonds. The minimum absolute atomic E-state index is 0.685. The molecule has 1 aromatic carbocycles. The van der Waals surface area contributed by atoms with Crippen LogP contribution in [0, 0.1) is 11.8 Å². The molecule has 1 saturated carbocycles. The summed E-state index contributed by atoms with van der Waals surface area (Å²) in [7, 11) is 0. The van der Waals surface area contributed by atoms with Crippen molar-refractivity contribution in [2.24, 2.45) is 11.8 Å². The second kappa shape index (κ2) is 8.38. The molecule has 1 aliphatic rings. The van der Waals surface area contributed by atoms with Crippen molar-refractivity contribution in [2.45, 2.75) is 44.9 Å². The number of aryl methyl sites for hydroxylation is 1. The highest BCUT2D eigenvalue weighted by Crippen LogP contribution is 2.33. The van der Waals surface area contributed by atoms with E-state index in [2.05, 4.69) is 40.2 Å². The average Bonchev–Trinajstić information content (AvgIpc) is 2.48. The molecule has 2 rings (SSSR count). The molecule has 0 aromatic heterocycles. The zero-order valence-electron chi connectivity index (χ0n) is 12.3. The number of hydrogen-bond donors (Lipinski definition) is 1. The van der Waals surface area contributed by atoms with Gasteiger partial charge in [0, 0.05) is 10.5 Å². The fourth-order valence-electron chi connectivity index (χ4n) is 3.14. The monoisotopic (exact) mass is 350 g/mol. The molecule has 1 N–H and O–H groups in total. The van der Waals surface area contributed by atoms with E-state index in [0.717, 1.165) is 16.8 Å². The fourth-order valence-corrected chi connectivity index (χ4v) is 3.40. The SMILES string of the molecule is O=C(O)/C=C/C[C@H]1CC[C@H](CCc2ccc(Br)cc2)CC1. The van der Waals surface area contributed by atoms with Crippen molar-refractivity contribution in [3.8, 4) is 0 Å². The molecule has 2 nitrogen and oxygen atoms in total. The molecule has 0 heterocycles. The van der Waals surface area contributed by atoms with E-state index in [4.69, 9.17) is 5.11 Å². The third-order valence-electron chi connectivity index (χ3n) is 4.45. The summed E-state index contributed by atoms with van der Waals surface area (Å²) in [5.74, 6) is 0.691. The maximum absolute atomic E-state index is 10.4. The normalized spacial score (nSPS) is 22.5. The van der Waals surface area contributed by atoms with E-state index >= 15 is 0 Å². The van der Waals surface area contributed by atoms with Gasteiger partial charge in [-0.05, 0) is 61.6 Å². The lowest BCUT2D eigenvalue weighted by Gasteiger charge is -2.27. The molecule has 114 valence electrons. The van der Waals surface area contributed by atoms with E-state index in [-0.39, 0.29) is 0 Å². The zero-order chi connectivity index (χ0) is 15.1. The van der Waals surface area contributed by atoms with Gasteiger partial charge in [-0.1, -0.05) is 47.0 Å². The topological polar surface area (TPSA) is 37.3 Å². The van der Waals surface area contributed by atoms with Gasteiger partial charge in [0.2, 0.25) is 0 Å². The first-order valence-electron chi connectivity index (χ1n) is 7.77. The lowest BCUT2D eigenvalue weighted by atomic mass is 9.78. The Kier molecular flexibility index (Phi) is 6.50. The molecule has 3 heteroatoms. The van der Waals surface area contributed by atoms with Crippen LogP contribution in [0.4, 0.5) is 0 Å².